The Bertz CT molecular complexity index is 697. The fourth-order valence-electron chi connectivity index (χ4n) is 2.47. The van der Waals surface area contributed by atoms with E-state index in [0.29, 0.717) is 37.5 Å². The van der Waals surface area contributed by atoms with Gasteiger partial charge in [-0.3, -0.25) is 4.79 Å². The summed E-state index contributed by atoms with van der Waals surface area (Å²) < 4.78 is 11.2. The Labute approximate surface area is 182 Å². The molecule has 1 amide bonds. The van der Waals surface area contributed by atoms with Crippen LogP contribution in [-0.2, 0) is 9.63 Å². The van der Waals surface area contributed by atoms with E-state index in [2.05, 4.69) is 22.1 Å². The van der Waals surface area contributed by atoms with Crippen molar-refractivity contribution in [1.29, 1.82) is 0 Å². The molecule has 3 N–H and O–H groups in total. The highest BCUT2D eigenvalue weighted by molar-refractivity contribution is 5.75. The van der Waals surface area contributed by atoms with Crippen LogP contribution in [0.3, 0.4) is 0 Å². The lowest BCUT2D eigenvalue weighted by atomic mass is 10.1. The summed E-state index contributed by atoms with van der Waals surface area (Å²) in [7, 11) is 0. The maximum Gasteiger partial charge on any atom is 0.294 e. The molecule has 1 aromatic carbocycles. The molecule has 1 rings (SSSR count). The number of rotatable bonds is 17. The zero-order valence-corrected chi connectivity index (χ0v) is 18.2. The van der Waals surface area contributed by atoms with Crippen LogP contribution in [0.4, 0.5) is 0 Å². The van der Waals surface area contributed by atoms with Crippen LogP contribution in [0.2, 0.25) is 0 Å². The van der Waals surface area contributed by atoms with E-state index in [9.17, 15) is 20.0 Å². The van der Waals surface area contributed by atoms with E-state index in [0.717, 1.165) is 0 Å². The van der Waals surface area contributed by atoms with E-state index < -0.39 is 16.7 Å². The van der Waals surface area contributed by atoms with Crippen molar-refractivity contribution in [3.05, 3.63) is 47.0 Å². The molecule has 1 unspecified atom stereocenters. The molecule has 0 saturated carbocycles. The number of nitrogens with zero attached hydrogens (tertiary/aromatic N) is 1. The summed E-state index contributed by atoms with van der Waals surface area (Å²) in [6.45, 7) is 8.49. The first-order chi connectivity index (χ1) is 14.7. The first-order valence-corrected chi connectivity index (χ1v) is 10.2. The van der Waals surface area contributed by atoms with Gasteiger partial charge in [0.05, 0.1) is 6.61 Å². The van der Waals surface area contributed by atoms with E-state index in [-0.39, 0.29) is 32.1 Å². The van der Waals surface area contributed by atoms with Gasteiger partial charge < -0.3 is 30.1 Å². The molecule has 0 fully saturated rings. The molecule has 0 aliphatic carbocycles. The fraction of sp³-hybridized carbons (Fsp3) is 0.571. The molecule has 0 saturated heterocycles. The topological polar surface area (TPSA) is 132 Å². The molecule has 0 aliphatic heterocycles. The number of hydrogen-bond donors (Lipinski definition) is 3. The average Bonchev–Trinajstić information content (AvgIpc) is 2.73. The molecule has 0 aromatic heterocycles. The number of β-amino-alcohol motifs (C(OH)–C–C–N with tert-alkyl or cyclic N) is 1. The Balaban J connectivity index is 2.27. The second-order valence-corrected chi connectivity index (χ2v) is 7.57. The quantitative estimate of drug-likeness (QED) is 0.145. The Kier molecular flexibility index (Phi) is 12.0. The lowest BCUT2D eigenvalue weighted by Crippen LogP contribution is -2.51. The third-order valence-corrected chi connectivity index (χ3v) is 4.18. The number of benzene rings is 1. The largest absolute Gasteiger partial charge is 0.487 e. The summed E-state index contributed by atoms with van der Waals surface area (Å²) in [6, 6.07) is 7.20. The molecular weight excluding hydrogens is 406 g/mol. The Hall–Kier alpha value is -2.85. The number of hydrogen-bond acceptors (Lipinski definition) is 8. The van der Waals surface area contributed by atoms with E-state index >= 15 is 0 Å². The molecule has 0 radical (unpaired) electrons. The molecule has 31 heavy (non-hydrogen) atoms. The number of aliphatic hydroxyl groups excluding tert-OH is 1. The van der Waals surface area contributed by atoms with Crippen molar-refractivity contribution in [2.75, 3.05) is 32.9 Å². The normalized spacial score (nSPS) is 12.0. The minimum absolute atomic E-state index is 0.0157. The zero-order chi connectivity index (χ0) is 23.1. The van der Waals surface area contributed by atoms with Crippen molar-refractivity contribution >= 4 is 5.91 Å². The molecular formula is C21H33N3O7. The number of para-hydroxylation sites is 2. The van der Waals surface area contributed by atoms with Gasteiger partial charge in [0.1, 0.15) is 19.3 Å². The number of unbranched alkanes of at least 4 members (excludes halogenated alkanes) is 1. The van der Waals surface area contributed by atoms with Crippen LogP contribution in [0.5, 0.6) is 11.5 Å². The number of nitrogens with one attached hydrogen (secondary N) is 2. The van der Waals surface area contributed by atoms with Gasteiger partial charge in [-0.05, 0) is 38.8 Å². The zero-order valence-electron chi connectivity index (χ0n) is 18.2. The number of aliphatic hydroxyl groups is 1. The Morgan fingerprint density at radius 2 is 1.97 bits per heavy atom. The average molecular weight is 440 g/mol. The molecule has 0 heterocycles. The minimum Gasteiger partial charge on any atom is -0.487 e. The van der Waals surface area contributed by atoms with Gasteiger partial charge in [-0.2, -0.15) is 0 Å². The summed E-state index contributed by atoms with van der Waals surface area (Å²) in [4.78, 5) is 26.1. The summed E-state index contributed by atoms with van der Waals surface area (Å²) >= 11 is 0. The van der Waals surface area contributed by atoms with Crippen LogP contribution >= 0.6 is 0 Å². The van der Waals surface area contributed by atoms with Crippen molar-refractivity contribution in [3.8, 4) is 11.5 Å². The first-order valence-electron chi connectivity index (χ1n) is 10.2. The molecule has 1 aromatic rings. The molecule has 0 bridgehead atoms. The number of ether oxygens (including phenoxy) is 2. The molecule has 0 aliphatic rings. The fourth-order valence-corrected chi connectivity index (χ4v) is 2.47. The first kappa shape index (κ1) is 26.2. The Morgan fingerprint density at radius 3 is 2.61 bits per heavy atom. The van der Waals surface area contributed by atoms with Crippen LogP contribution in [-0.4, -0.2) is 60.7 Å². The van der Waals surface area contributed by atoms with Gasteiger partial charge in [0.25, 0.3) is 5.09 Å². The molecule has 10 nitrogen and oxygen atoms in total. The van der Waals surface area contributed by atoms with Crippen LogP contribution in [0.1, 0.15) is 33.1 Å². The van der Waals surface area contributed by atoms with Crippen molar-refractivity contribution < 1.29 is 29.3 Å². The second kappa shape index (κ2) is 14.2. The van der Waals surface area contributed by atoms with Gasteiger partial charge in [0.15, 0.2) is 11.5 Å². The third kappa shape index (κ3) is 12.4. The van der Waals surface area contributed by atoms with Crippen molar-refractivity contribution in [2.24, 2.45) is 0 Å². The van der Waals surface area contributed by atoms with Gasteiger partial charge in [0.2, 0.25) is 5.91 Å². The molecule has 10 heteroatoms. The van der Waals surface area contributed by atoms with Crippen molar-refractivity contribution in [1.82, 2.24) is 10.6 Å². The maximum atomic E-state index is 11.9. The van der Waals surface area contributed by atoms with Gasteiger partial charge in [-0.15, -0.1) is 10.1 Å². The third-order valence-electron chi connectivity index (χ3n) is 4.18. The summed E-state index contributed by atoms with van der Waals surface area (Å²) in [5, 5.41) is 25.5. The lowest BCUT2D eigenvalue weighted by molar-refractivity contribution is -0.757. The van der Waals surface area contributed by atoms with E-state index in [1.807, 2.05) is 26.0 Å². The summed E-state index contributed by atoms with van der Waals surface area (Å²) in [6.07, 6.45) is 2.08. The van der Waals surface area contributed by atoms with Gasteiger partial charge in [-0.25, -0.2) is 0 Å². The highest BCUT2D eigenvalue weighted by Crippen LogP contribution is 2.26. The standard InChI is InChI=1S/C21H33N3O7/c1-4-12-29-18-9-5-6-10-19(18)30-15-17(25)14-23-21(2,3)16-22-20(26)11-7-8-13-31-24(27)28/h4-6,9-10,17,23,25H,1,7-8,11-16H2,2-3H3,(H,22,26). The predicted octanol–water partition coefficient (Wildman–Crippen LogP) is 1.85. The van der Waals surface area contributed by atoms with E-state index in [1.54, 1.807) is 18.2 Å². The minimum atomic E-state index is -0.844. The molecule has 1 atom stereocenters. The van der Waals surface area contributed by atoms with Crippen molar-refractivity contribution in [3.63, 3.8) is 0 Å². The molecule has 0 spiro atoms. The van der Waals surface area contributed by atoms with E-state index in [4.69, 9.17) is 9.47 Å². The van der Waals surface area contributed by atoms with Crippen LogP contribution in [0, 0.1) is 10.1 Å². The van der Waals surface area contributed by atoms with Gasteiger partial charge in [0, 0.05) is 25.0 Å². The predicted molar refractivity (Wildman–Crippen MR) is 116 cm³/mol. The highest BCUT2D eigenvalue weighted by Gasteiger charge is 2.20. The lowest BCUT2D eigenvalue weighted by Gasteiger charge is -2.28. The number of carbonyl (C=O) groups excluding carboxylic acids is 1. The number of amides is 1. The summed E-state index contributed by atoms with van der Waals surface area (Å²) in [5.74, 6) is 0.977. The summed E-state index contributed by atoms with van der Waals surface area (Å²) in [5.41, 5.74) is -0.448. The monoisotopic (exact) mass is 439 g/mol. The Morgan fingerprint density at radius 1 is 1.29 bits per heavy atom. The SMILES string of the molecule is C=CCOc1ccccc1OCC(O)CNC(C)(C)CNC(=O)CCCCO[N+](=O)[O-]. The number of carbonyl (C=O) groups is 1. The molecule has 174 valence electrons. The second-order valence-electron chi connectivity index (χ2n) is 7.57. The van der Waals surface area contributed by atoms with Crippen LogP contribution in [0.25, 0.3) is 0 Å². The van der Waals surface area contributed by atoms with E-state index in [1.165, 1.54) is 0 Å². The highest BCUT2D eigenvalue weighted by atomic mass is 16.9. The van der Waals surface area contributed by atoms with Crippen LogP contribution in [0.15, 0.2) is 36.9 Å². The van der Waals surface area contributed by atoms with Crippen LogP contribution < -0.4 is 20.1 Å². The van der Waals surface area contributed by atoms with Gasteiger partial charge in [-0.1, -0.05) is 24.8 Å². The van der Waals surface area contributed by atoms with Gasteiger partial charge >= 0.3 is 0 Å². The smallest absolute Gasteiger partial charge is 0.294 e. The maximum absolute atomic E-state index is 11.9. The van der Waals surface area contributed by atoms with Crippen molar-refractivity contribution in [2.45, 2.75) is 44.8 Å².